The van der Waals surface area contributed by atoms with Gasteiger partial charge in [-0.3, -0.25) is 4.79 Å². The summed E-state index contributed by atoms with van der Waals surface area (Å²) in [6, 6.07) is 0. The van der Waals surface area contributed by atoms with E-state index in [9.17, 15) is 9.90 Å². The van der Waals surface area contributed by atoms with E-state index in [1.54, 1.807) is 0 Å². The smallest absolute Gasteiger partial charge is 0.225 e. The molecule has 17 heavy (non-hydrogen) atoms. The number of hydrogen-bond acceptors (Lipinski definition) is 2. The second-order valence-corrected chi connectivity index (χ2v) is 6.08. The fourth-order valence-corrected chi connectivity index (χ4v) is 3.42. The largest absolute Gasteiger partial charge is 0.393 e. The Balaban J connectivity index is 1.80. The minimum atomic E-state index is -0.0729. The first kappa shape index (κ1) is 12.9. The van der Waals surface area contributed by atoms with Crippen LogP contribution in [0.1, 0.15) is 52.4 Å². The van der Waals surface area contributed by atoms with Crippen molar-refractivity contribution in [1.29, 1.82) is 0 Å². The number of aliphatic hydroxyl groups is 1. The number of carbonyl (C=O) groups is 1. The first-order valence-electron chi connectivity index (χ1n) is 7.03. The number of aliphatic hydroxyl groups excluding tert-OH is 1. The quantitative estimate of drug-likeness (QED) is 0.820. The molecule has 0 bridgehead atoms. The SMILES string of the molecule is CCCC(C)C(=O)N1CCC2(CC1)CC(O)C2. The van der Waals surface area contributed by atoms with Crippen molar-refractivity contribution >= 4 is 5.91 Å². The summed E-state index contributed by atoms with van der Waals surface area (Å²) in [6.45, 7) is 5.98. The molecular formula is C14H25NO2. The Morgan fingerprint density at radius 2 is 2.00 bits per heavy atom. The number of rotatable bonds is 3. The maximum atomic E-state index is 12.1. The normalized spacial score (nSPS) is 25.7. The average molecular weight is 239 g/mol. The van der Waals surface area contributed by atoms with Crippen LogP contribution in [0.4, 0.5) is 0 Å². The number of amides is 1. The fraction of sp³-hybridized carbons (Fsp3) is 0.929. The lowest BCUT2D eigenvalue weighted by Gasteiger charge is -2.50. The van der Waals surface area contributed by atoms with Crippen LogP contribution in [0.15, 0.2) is 0 Å². The number of likely N-dealkylation sites (tertiary alicyclic amines) is 1. The van der Waals surface area contributed by atoms with Crippen LogP contribution in [-0.4, -0.2) is 35.1 Å². The minimum absolute atomic E-state index is 0.0729. The second kappa shape index (κ2) is 4.97. The highest BCUT2D eigenvalue weighted by Crippen LogP contribution is 2.49. The van der Waals surface area contributed by atoms with Gasteiger partial charge in [0.15, 0.2) is 0 Å². The molecule has 2 rings (SSSR count). The molecule has 1 aliphatic heterocycles. The van der Waals surface area contributed by atoms with Gasteiger partial charge in [-0.05, 0) is 37.5 Å². The van der Waals surface area contributed by atoms with E-state index in [0.717, 1.165) is 51.6 Å². The van der Waals surface area contributed by atoms with Gasteiger partial charge in [0, 0.05) is 19.0 Å². The summed E-state index contributed by atoms with van der Waals surface area (Å²) in [5, 5.41) is 9.42. The van der Waals surface area contributed by atoms with Crippen molar-refractivity contribution in [2.75, 3.05) is 13.1 Å². The first-order valence-corrected chi connectivity index (χ1v) is 7.03. The van der Waals surface area contributed by atoms with Crippen LogP contribution >= 0.6 is 0 Å². The van der Waals surface area contributed by atoms with E-state index < -0.39 is 0 Å². The number of piperidine rings is 1. The molecule has 1 saturated carbocycles. The summed E-state index contributed by atoms with van der Waals surface area (Å²) >= 11 is 0. The summed E-state index contributed by atoms with van der Waals surface area (Å²) < 4.78 is 0. The Labute approximate surface area is 104 Å². The number of carbonyl (C=O) groups excluding carboxylic acids is 1. The van der Waals surface area contributed by atoms with Gasteiger partial charge in [-0.2, -0.15) is 0 Å². The van der Waals surface area contributed by atoms with Gasteiger partial charge in [0.25, 0.3) is 0 Å². The Bertz CT molecular complexity index is 274. The Hall–Kier alpha value is -0.570. The highest BCUT2D eigenvalue weighted by atomic mass is 16.3. The summed E-state index contributed by atoms with van der Waals surface area (Å²) in [7, 11) is 0. The van der Waals surface area contributed by atoms with Crippen LogP contribution in [0, 0.1) is 11.3 Å². The van der Waals surface area contributed by atoms with Crippen molar-refractivity contribution in [3.63, 3.8) is 0 Å². The zero-order valence-electron chi connectivity index (χ0n) is 11.1. The molecule has 1 N–H and O–H groups in total. The minimum Gasteiger partial charge on any atom is -0.393 e. The fourth-order valence-electron chi connectivity index (χ4n) is 3.42. The van der Waals surface area contributed by atoms with Crippen LogP contribution in [0.3, 0.4) is 0 Å². The molecule has 1 saturated heterocycles. The van der Waals surface area contributed by atoms with Crippen molar-refractivity contribution in [3.8, 4) is 0 Å². The molecule has 1 heterocycles. The first-order chi connectivity index (χ1) is 8.06. The molecule has 2 aliphatic rings. The molecule has 3 heteroatoms. The van der Waals surface area contributed by atoms with E-state index in [4.69, 9.17) is 0 Å². The van der Waals surface area contributed by atoms with Gasteiger partial charge >= 0.3 is 0 Å². The standard InChI is InChI=1S/C14H25NO2/c1-3-4-11(2)13(17)15-7-5-14(6-8-15)9-12(16)10-14/h11-12,16H,3-10H2,1-2H3. The van der Waals surface area contributed by atoms with Gasteiger partial charge in [-0.15, -0.1) is 0 Å². The van der Waals surface area contributed by atoms with E-state index in [2.05, 4.69) is 6.92 Å². The zero-order chi connectivity index (χ0) is 12.5. The molecule has 3 nitrogen and oxygen atoms in total. The molecule has 1 spiro atoms. The molecule has 1 atom stereocenters. The molecule has 0 aromatic carbocycles. The Kier molecular flexibility index (Phi) is 3.76. The van der Waals surface area contributed by atoms with Crippen molar-refractivity contribution in [2.45, 2.75) is 58.5 Å². The van der Waals surface area contributed by atoms with Crippen molar-refractivity contribution in [1.82, 2.24) is 4.90 Å². The van der Waals surface area contributed by atoms with E-state index in [1.807, 2.05) is 11.8 Å². The van der Waals surface area contributed by atoms with Gasteiger partial charge in [-0.25, -0.2) is 0 Å². The number of hydrogen-bond donors (Lipinski definition) is 1. The Morgan fingerprint density at radius 1 is 1.41 bits per heavy atom. The van der Waals surface area contributed by atoms with Crippen molar-refractivity contribution in [2.24, 2.45) is 11.3 Å². The lowest BCUT2D eigenvalue weighted by Crippen LogP contribution is -2.51. The van der Waals surface area contributed by atoms with Gasteiger partial charge < -0.3 is 10.0 Å². The van der Waals surface area contributed by atoms with Gasteiger partial charge in [0.05, 0.1) is 6.10 Å². The zero-order valence-corrected chi connectivity index (χ0v) is 11.1. The van der Waals surface area contributed by atoms with Crippen LogP contribution < -0.4 is 0 Å². The summed E-state index contributed by atoms with van der Waals surface area (Å²) in [5.74, 6) is 0.516. The molecule has 0 aromatic heterocycles. The van der Waals surface area contributed by atoms with E-state index >= 15 is 0 Å². The summed E-state index contributed by atoms with van der Waals surface area (Å²) in [6.07, 6.45) is 6.11. The predicted molar refractivity (Wildman–Crippen MR) is 67.6 cm³/mol. The van der Waals surface area contributed by atoms with Gasteiger partial charge in [0.2, 0.25) is 5.91 Å². The van der Waals surface area contributed by atoms with E-state index in [0.29, 0.717) is 11.3 Å². The van der Waals surface area contributed by atoms with Crippen LogP contribution in [0.2, 0.25) is 0 Å². The van der Waals surface area contributed by atoms with Crippen molar-refractivity contribution < 1.29 is 9.90 Å². The third-order valence-electron chi connectivity index (χ3n) is 4.62. The number of nitrogens with zero attached hydrogens (tertiary/aromatic N) is 1. The monoisotopic (exact) mass is 239 g/mol. The highest BCUT2D eigenvalue weighted by Gasteiger charge is 2.45. The molecule has 0 radical (unpaired) electrons. The predicted octanol–water partition coefficient (Wildman–Crippen LogP) is 2.19. The molecular weight excluding hydrogens is 214 g/mol. The van der Waals surface area contributed by atoms with Crippen molar-refractivity contribution in [3.05, 3.63) is 0 Å². The highest BCUT2D eigenvalue weighted by molar-refractivity contribution is 5.78. The van der Waals surface area contributed by atoms with Gasteiger partial charge in [0.1, 0.15) is 0 Å². The molecule has 1 unspecified atom stereocenters. The molecule has 2 fully saturated rings. The third-order valence-corrected chi connectivity index (χ3v) is 4.62. The molecule has 1 aliphatic carbocycles. The van der Waals surface area contributed by atoms with Crippen LogP contribution in [-0.2, 0) is 4.79 Å². The van der Waals surface area contributed by atoms with Crippen LogP contribution in [0.25, 0.3) is 0 Å². The third kappa shape index (κ3) is 2.65. The van der Waals surface area contributed by atoms with E-state index in [-0.39, 0.29) is 12.0 Å². The summed E-state index contributed by atoms with van der Waals surface area (Å²) in [4.78, 5) is 14.2. The summed E-state index contributed by atoms with van der Waals surface area (Å²) in [5.41, 5.74) is 0.379. The maximum Gasteiger partial charge on any atom is 0.225 e. The van der Waals surface area contributed by atoms with Gasteiger partial charge in [-0.1, -0.05) is 20.3 Å². The molecule has 1 amide bonds. The topological polar surface area (TPSA) is 40.5 Å². The molecule has 98 valence electrons. The lowest BCUT2D eigenvalue weighted by molar-refractivity contribution is -0.141. The average Bonchev–Trinajstić information content (AvgIpc) is 2.28. The lowest BCUT2D eigenvalue weighted by atomic mass is 9.61. The van der Waals surface area contributed by atoms with E-state index in [1.165, 1.54) is 0 Å². The second-order valence-electron chi connectivity index (χ2n) is 6.08. The Morgan fingerprint density at radius 3 is 2.47 bits per heavy atom. The van der Waals surface area contributed by atoms with Crippen LogP contribution in [0.5, 0.6) is 0 Å². The molecule has 0 aromatic rings. The maximum absolute atomic E-state index is 12.1.